The number of hydrogen-bond acceptors (Lipinski definition) is 8. The molecule has 1 saturated heterocycles. The van der Waals surface area contributed by atoms with Crippen LogP contribution in [0.2, 0.25) is 0 Å². The van der Waals surface area contributed by atoms with E-state index in [-0.39, 0.29) is 12.0 Å². The molecule has 9 heteroatoms. The molecule has 0 saturated carbocycles. The molecule has 1 fully saturated rings. The molecule has 1 aromatic heterocycles. The fourth-order valence-corrected chi connectivity index (χ4v) is 6.02. The van der Waals surface area contributed by atoms with Gasteiger partial charge in [-0.15, -0.1) is 0 Å². The predicted octanol–water partition coefficient (Wildman–Crippen LogP) is 3.38. The van der Waals surface area contributed by atoms with Crippen LogP contribution in [0.5, 0.6) is 0 Å². The molecule has 4 rings (SSSR count). The Kier molecular flexibility index (Phi) is 12.1. The molecular weight excluding hydrogens is 526 g/mol. The van der Waals surface area contributed by atoms with Crippen molar-refractivity contribution in [3.8, 4) is 0 Å². The quantitative estimate of drug-likeness (QED) is 0.249. The van der Waals surface area contributed by atoms with Gasteiger partial charge in [-0.3, -0.25) is 19.2 Å². The number of aromatic nitrogens is 2. The zero-order valence-corrected chi connectivity index (χ0v) is 27.1. The molecule has 230 valence electrons. The highest BCUT2D eigenvalue weighted by Gasteiger charge is 2.36. The lowest BCUT2D eigenvalue weighted by Crippen LogP contribution is -2.48. The number of aryl methyl sites for hydroxylation is 1. The van der Waals surface area contributed by atoms with Crippen LogP contribution in [0.15, 0.2) is 69.9 Å². The van der Waals surface area contributed by atoms with Gasteiger partial charge in [0.25, 0.3) is 0 Å². The maximum Gasteiger partial charge on any atom is 0.150 e. The van der Waals surface area contributed by atoms with Gasteiger partial charge in [0, 0.05) is 92.7 Å². The third kappa shape index (κ3) is 7.96. The van der Waals surface area contributed by atoms with Crippen molar-refractivity contribution in [2.75, 3.05) is 54.4 Å². The minimum atomic E-state index is 0.253. The number of fused-ring (bicyclic) bond motifs is 1. The van der Waals surface area contributed by atoms with Crippen molar-refractivity contribution in [1.82, 2.24) is 35.1 Å². The van der Waals surface area contributed by atoms with Gasteiger partial charge in [0.1, 0.15) is 12.6 Å². The number of carbonyl (C=O) groups is 2. The SMILES string of the molecule is CC1=C(C(C)N2CCC(N(C)C)CC2)N2CC(c3ccn(C)n3)C=C2C=C1C=O.CNC/C(C=O)=C(C)/C=C(/C)NC. The molecule has 0 aliphatic carbocycles. The number of nitrogens with one attached hydrogen (secondary N) is 2. The van der Waals surface area contributed by atoms with Gasteiger partial charge >= 0.3 is 0 Å². The van der Waals surface area contributed by atoms with E-state index in [0.717, 1.165) is 71.6 Å². The first-order valence-corrected chi connectivity index (χ1v) is 15.0. The van der Waals surface area contributed by atoms with Crippen molar-refractivity contribution in [1.29, 1.82) is 0 Å². The number of carbonyl (C=O) groups excluding carboxylic acids is 2. The maximum atomic E-state index is 11.8. The Bertz CT molecular complexity index is 1260. The number of likely N-dealkylation sites (tertiary alicyclic amines) is 1. The zero-order chi connectivity index (χ0) is 31.0. The van der Waals surface area contributed by atoms with Crippen LogP contribution < -0.4 is 10.6 Å². The summed E-state index contributed by atoms with van der Waals surface area (Å²) in [5.41, 5.74) is 8.26. The topological polar surface area (TPSA) is 85.7 Å². The molecule has 4 heterocycles. The Labute approximate surface area is 252 Å². The third-order valence-electron chi connectivity index (χ3n) is 8.73. The number of hydrogen-bond donors (Lipinski definition) is 2. The molecule has 0 radical (unpaired) electrons. The third-order valence-corrected chi connectivity index (χ3v) is 8.73. The number of piperidine rings is 1. The Morgan fingerprint density at radius 2 is 1.88 bits per heavy atom. The van der Waals surface area contributed by atoms with E-state index in [1.165, 1.54) is 18.5 Å². The fourth-order valence-electron chi connectivity index (χ4n) is 6.02. The molecule has 0 spiro atoms. The number of likely N-dealkylation sites (N-methyl/N-ethyl adjacent to an activating group) is 1. The summed E-state index contributed by atoms with van der Waals surface area (Å²) in [6, 6.07) is 3.05. The Morgan fingerprint density at radius 1 is 1.19 bits per heavy atom. The van der Waals surface area contributed by atoms with Crippen LogP contribution in [-0.4, -0.2) is 104 Å². The standard InChI is InChI=1S/C23H33N5O.C10H18N2O/c1-16-19(15-29)13-21-12-18(22-8-9-26(5)24-22)14-28(21)23(16)17(2)27-10-6-20(7-11-27)25(3)4;1-8(5-9(2)12-4)10(7-13)6-11-3/h8-9,12-13,15,17-18,20H,6-7,10-11,14H2,1-5H3;5,7,11-12H,6H2,1-4H3/b;9-5-,10-8-. The van der Waals surface area contributed by atoms with Gasteiger partial charge in [0.15, 0.2) is 0 Å². The monoisotopic (exact) mass is 577 g/mol. The Balaban J connectivity index is 0.000000316. The highest BCUT2D eigenvalue weighted by molar-refractivity contribution is 5.82. The summed E-state index contributed by atoms with van der Waals surface area (Å²) < 4.78 is 1.86. The van der Waals surface area contributed by atoms with E-state index in [2.05, 4.69) is 70.5 Å². The van der Waals surface area contributed by atoms with Crippen molar-refractivity contribution < 1.29 is 9.59 Å². The second kappa shape index (κ2) is 15.3. The molecule has 0 aromatic carbocycles. The first kappa shape index (κ1) is 33.2. The number of nitrogens with zero attached hydrogens (tertiary/aromatic N) is 5. The maximum absolute atomic E-state index is 11.8. The summed E-state index contributed by atoms with van der Waals surface area (Å²) in [6.45, 7) is 12.0. The second-order valence-electron chi connectivity index (χ2n) is 11.8. The summed E-state index contributed by atoms with van der Waals surface area (Å²) >= 11 is 0. The first-order chi connectivity index (χ1) is 20.0. The van der Waals surface area contributed by atoms with Gasteiger partial charge in [-0.2, -0.15) is 5.10 Å². The molecule has 42 heavy (non-hydrogen) atoms. The zero-order valence-electron chi connectivity index (χ0n) is 27.1. The highest BCUT2D eigenvalue weighted by Crippen LogP contribution is 2.39. The average Bonchev–Trinajstić information content (AvgIpc) is 3.61. The highest BCUT2D eigenvalue weighted by atomic mass is 16.1. The summed E-state index contributed by atoms with van der Waals surface area (Å²) in [5.74, 6) is 0.253. The van der Waals surface area contributed by atoms with Crippen molar-refractivity contribution in [3.63, 3.8) is 0 Å². The molecule has 3 aliphatic rings. The molecule has 0 bridgehead atoms. The molecule has 1 aromatic rings. The van der Waals surface area contributed by atoms with Crippen LogP contribution in [0.4, 0.5) is 0 Å². The summed E-state index contributed by atoms with van der Waals surface area (Å²) in [7, 11) is 10.00. The lowest BCUT2D eigenvalue weighted by atomic mass is 9.94. The molecule has 2 atom stereocenters. The summed E-state index contributed by atoms with van der Waals surface area (Å²) in [5, 5.41) is 10.6. The molecule has 2 unspecified atom stereocenters. The first-order valence-electron chi connectivity index (χ1n) is 15.0. The van der Waals surface area contributed by atoms with Gasteiger partial charge in [-0.25, -0.2) is 0 Å². The fraction of sp³-hybridized carbons (Fsp3) is 0.545. The average molecular weight is 578 g/mol. The van der Waals surface area contributed by atoms with E-state index >= 15 is 0 Å². The number of aldehydes is 2. The van der Waals surface area contributed by atoms with Crippen molar-refractivity contribution in [2.24, 2.45) is 7.05 Å². The predicted molar refractivity (Wildman–Crippen MR) is 171 cm³/mol. The van der Waals surface area contributed by atoms with Gasteiger partial charge in [-0.1, -0.05) is 0 Å². The summed E-state index contributed by atoms with van der Waals surface area (Å²) in [4.78, 5) is 29.8. The largest absolute Gasteiger partial charge is 0.392 e. The Morgan fingerprint density at radius 3 is 2.40 bits per heavy atom. The normalized spacial score (nSPS) is 21.2. The van der Waals surface area contributed by atoms with Gasteiger partial charge < -0.3 is 20.4 Å². The Hall–Kier alpha value is -3.27. The number of allylic oxidation sites excluding steroid dienone is 6. The van der Waals surface area contributed by atoms with Crippen molar-refractivity contribution >= 4 is 12.6 Å². The van der Waals surface area contributed by atoms with E-state index in [0.29, 0.717) is 12.6 Å². The molecule has 3 aliphatic heterocycles. The number of rotatable bonds is 10. The van der Waals surface area contributed by atoms with Gasteiger partial charge in [0.2, 0.25) is 0 Å². The van der Waals surface area contributed by atoms with Crippen molar-refractivity contribution in [2.45, 2.75) is 58.5 Å². The minimum Gasteiger partial charge on any atom is -0.392 e. The van der Waals surface area contributed by atoms with Gasteiger partial charge in [0.05, 0.1) is 5.69 Å². The molecule has 2 N–H and O–H groups in total. The summed E-state index contributed by atoms with van der Waals surface area (Å²) in [6.07, 6.45) is 12.6. The smallest absolute Gasteiger partial charge is 0.150 e. The van der Waals surface area contributed by atoms with E-state index in [1.54, 1.807) is 0 Å². The van der Waals surface area contributed by atoms with Crippen LogP contribution in [0, 0.1) is 0 Å². The molecule has 9 nitrogen and oxygen atoms in total. The lowest BCUT2D eigenvalue weighted by molar-refractivity contribution is -0.105. The lowest BCUT2D eigenvalue weighted by Gasteiger charge is -2.43. The van der Waals surface area contributed by atoms with Crippen LogP contribution in [-0.2, 0) is 16.6 Å². The van der Waals surface area contributed by atoms with Crippen LogP contribution in [0.1, 0.15) is 52.1 Å². The van der Waals surface area contributed by atoms with Crippen molar-refractivity contribution in [3.05, 3.63) is 75.6 Å². The van der Waals surface area contributed by atoms with Crippen LogP contribution in [0.25, 0.3) is 0 Å². The molecular formula is C33H51N7O2. The minimum absolute atomic E-state index is 0.253. The van der Waals surface area contributed by atoms with Crippen LogP contribution >= 0.6 is 0 Å². The second-order valence-corrected chi connectivity index (χ2v) is 11.8. The van der Waals surface area contributed by atoms with E-state index in [9.17, 15) is 9.59 Å². The van der Waals surface area contributed by atoms with E-state index in [1.807, 2.05) is 58.0 Å². The van der Waals surface area contributed by atoms with E-state index < -0.39 is 0 Å². The van der Waals surface area contributed by atoms with Crippen LogP contribution in [0.3, 0.4) is 0 Å². The van der Waals surface area contributed by atoms with Gasteiger partial charge in [-0.05, 0) is 97.1 Å². The van der Waals surface area contributed by atoms with E-state index in [4.69, 9.17) is 0 Å². The molecule has 0 amide bonds.